The Morgan fingerprint density at radius 1 is 1.19 bits per heavy atom. The summed E-state index contributed by atoms with van der Waals surface area (Å²) < 4.78 is 5.32. The third kappa shape index (κ3) is 9.02. The molecule has 0 saturated heterocycles. The molecule has 1 unspecified atom stereocenters. The Kier molecular flexibility index (Phi) is 12.5. The number of hydrogen-bond donors (Lipinski definition) is 1. The number of carbonyl (C=O) groups is 1. The number of halogens is 1. The highest BCUT2D eigenvalue weighted by atomic mass is 79.9. The first-order chi connectivity index (χ1) is 9.75. The van der Waals surface area contributed by atoms with Crippen LogP contribution in [0.5, 0.6) is 0 Å². The molecule has 1 rings (SSSR count). The fraction of sp³-hybridized carbons (Fsp3) is 0.812. The smallest absolute Gasteiger partial charge is 0.328 e. The van der Waals surface area contributed by atoms with E-state index in [2.05, 4.69) is 12.2 Å². The number of rotatable bonds is 11. The molecule has 0 amide bonds. The van der Waals surface area contributed by atoms with Crippen molar-refractivity contribution in [3.63, 3.8) is 0 Å². The average molecular weight is 363 g/mol. The molecule has 1 atom stereocenters. The fourth-order valence-electron chi connectivity index (χ4n) is 2.29. The molecule has 0 aromatic heterocycles. The van der Waals surface area contributed by atoms with Gasteiger partial charge in [0.05, 0.1) is 13.3 Å². The molecule has 0 bridgehead atoms. The summed E-state index contributed by atoms with van der Waals surface area (Å²) in [5.41, 5.74) is 0. The van der Waals surface area contributed by atoms with Crippen molar-refractivity contribution in [3.8, 4) is 0 Å². The predicted molar refractivity (Wildman–Crippen MR) is 92.3 cm³/mol. The summed E-state index contributed by atoms with van der Waals surface area (Å²) in [6.07, 6.45) is 13.8. The number of nitrogens with zero attached hydrogens (tertiary/aromatic N) is 1. The lowest BCUT2D eigenvalue weighted by atomic mass is 10.1. The van der Waals surface area contributed by atoms with Crippen LogP contribution in [0.4, 0.5) is 0 Å². The van der Waals surface area contributed by atoms with Crippen molar-refractivity contribution in [2.24, 2.45) is 0 Å². The Morgan fingerprint density at radius 2 is 1.81 bits per heavy atom. The summed E-state index contributed by atoms with van der Waals surface area (Å²) in [5, 5.41) is 3.05. The Bertz CT molecular complexity index is 298. The summed E-state index contributed by atoms with van der Waals surface area (Å²) in [6.45, 7) is 5.37. The van der Waals surface area contributed by atoms with Crippen LogP contribution in [0.25, 0.3) is 0 Å². The van der Waals surface area contributed by atoms with Crippen molar-refractivity contribution in [2.75, 3.05) is 13.3 Å². The molecular formula is C16H31BrN2O2. The molecule has 0 aromatic carbocycles. The van der Waals surface area contributed by atoms with E-state index in [1.165, 1.54) is 44.9 Å². The largest absolute Gasteiger partial charge is 0.464 e. The molecule has 0 aromatic rings. The van der Waals surface area contributed by atoms with Crippen molar-refractivity contribution in [3.05, 3.63) is 12.4 Å². The fourth-order valence-corrected chi connectivity index (χ4v) is 2.29. The molecule has 1 aliphatic rings. The standard InChI is InChI=1S/C16H30N2O2.BrH/c1-3-4-5-6-7-8-9-10-13-20-16(19)15(2)18-12-11-17-14-18;/h11-12,15,17H,3-10,13-14H2,1-2H3;1H. The van der Waals surface area contributed by atoms with Gasteiger partial charge in [0, 0.05) is 12.4 Å². The van der Waals surface area contributed by atoms with E-state index < -0.39 is 0 Å². The lowest BCUT2D eigenvalue weighted by molar-refractivity contribution is -0.148. The first-order valence-electron chi connectivity index (χ1n) is 8.08. The minimum atomic E-state index is -0.199. The number of carbonyl (C=O) groups excluding carboxylic acids is 1. The SMILES string of the molecule is Br.CCCCCCCCCCOC(=O)C(C)N1C=CNC1. The zero-order chi connectivity index (χ0) is 14.6. The van der Waals surface area contributed by atoms with E-state index in [9.17, 15) is 4.79 Å². The van der Waals surface area contributed by atoms with Gasteiger partial charge in [-0.25, -0.2) is 4.79 Å². The maximum Gasteiger partial charge on any atom is 0.328 e. The maximum atomic E-state index is 11.8. The van der Waals surface area contributed by atoms with Crippen LogP contribution in [0.3, 0.4) is 0 Å². The van der Waals surface area contributed by atoms with Gasteiger partial charge < -0.3 is 15.0 Å². The van der Waals surface area contributed by atoms with Crippen molar-refractivity contribution in [1.29, 1.82) is 0 Å². The summed E-state index contributed by atoms with van der Waals surface area (Å²) >= 11 is 0. The molecule has 4 nitrogen and oxygen atoms in total. The van der Waals surface area contributed by atoms with Crippen molar-refractivity contribution < 1.29 is 9.53 Å². The van der Waals surface area contributed by atoms with Gasteiger partial charge >= 0.3 is 5.97 Å². The summed E-state index contributed by atoms with van der Waals surface area (Å²) in [4.78, 5) is 13.8. The van der Waals surface area contributed by atoms with Gasteiger partial charge in [-0.15, -0.1) is 17.0 Å². The number of ether oxygens (including phenoxy) is 1. The van der Waals surface area contributed by atoms with Crippen LogP contribution in [-0.2, 0) is 9.53 Å². The molecule has 124 valence electrons. The molecule has 21 heavy (non-hydrogen) atoms. The molecule has 0 radical (unpaired) electrons. The normalized spacial score (nSPS) is 14.5. The van der Waals surface area contributed by atoms with Crippen molar-refractivity contribution in [1.82, 2.24) is 10.2 Å². The summed E-state index contributed by atoms with van der Waals surface area (Å²) in [7, 11) is 0. The molecule has 0 spiro atoms. The maximum absolute atomic E-state index is 11.8. The molecule has 1 aliphatic heterocycles. The molecule has 1 N–H and O–H groups in total. The highest BCUT2D eigenvalue weighted by Gasteiger charge is 2.21. The Labute approximate surface area is 140 Å². The monoisotopic (exact) mass is 362 g/mol. The van der Waals surface area contributed by atoms with Gasteiger partial charge in [0.2, 0.25) is 0 Å². The molecule has 0 fully saturated rings. The Balaban J connectivity index is 0.00000400. The van der Waals surface area contributed by atoms with Gasteiger partial charge in [0.1, 0.15) is 6.04 Å². The van der Waals surface area contributed by atoms with Crippen LogP contribution < -0.4 is 5.32 Å². The minimum absolute atomic E-state index is 0. The number of hydrogen-bond acceptors (Lipinski definition) is 4. The topological polar surface area (TPSA) is 41.6 Å². The van der Waals surface area contributed by atoms with E-state index in [0.717, 1.165) is 6.42 Å². The van der Waals surface area contributed by atoms with Gasteiger partial charge in [-0.1, -0.05) is 51.9 Å². The van der Waals surface area contributed by atoms with Crippen LogP contribution in [0, 0.1) is 0 Å². The molecule has 5 heteroatoms. The second kappa shape index (κ2) is 13.0. The minimum Gasteiger partial charge on any atom is -0.464 e. The van der Waals surface area contributed by atoms with Crippen molar-refractivity contribution in [2.45, 2.75) is 71.3 Å². The third-order valence-electron chi connectivity index (χ3n) is 3.74. The van der Waals surface area contributed by atoms with E-state index in [-0.39, 0.29) is 29.0 Å². The molecule has 1 heterocycles. The second-order valence-electron chi connectivity index (χ2n) is 5.51. The summed E-state index contributed by atoms with van der Waals surface area (Å²) in [6, 6.07) is -0.199. The second-order valence-corrected chi connectivity index (χ2v) is 5.51. The van der Waals surface area contributed by atoms with Crippen LogP contribution in [0.2, 0.25) is 0 Å². The van der Waals surface area contributed by atoms with Gasteiger partial charge in [-0.3, -0.25) is 0 Å². The van der Waals surface area contributed by atoms with Crippen LogP contribution in [0.1, 0.15) is 65.2 Å². The lowest BCUT2D eigenvalue weighted by Crippen LogP contribution is -2.37. The van der Waals surface area contributed by atoms with E-state index in [4.69, 9.17) is 4.74 Å². The van der Waals surface area contributed by atoms with E-state index >= 15 is 0 Å². The quantitative estimate of drug-likeness (QED) is 0.446. The molecular weight excluding hydrogens is 332 g/mol. The Hall–Kier alpha value is -0.710. The zero-order valence-electron chi connectivity index (χ0n) is 13.5. The van der Waals surface area contributed by atoms with E-state index in [0.29, 0.717) is 13.3 Å². The van der Waals surface area contributed by atoms with Crippen LogP contribution in [0.15, 0.2) is 12.4 Å². The zero-order valence-corrected chi connectivity index (χ0v) is 15.2. The molecule has 0 saturated carbocycles. The van der Waals surface area contributed by atoms with Gasteiger partial charge in [-0.2, -0.15) is 0 Å². The highest BCUT2D eigenvalue weighted by molar-refractivity contribution is 8.93. The molecule has 0 aliphatic carbocycles. The predicted octanol–water partition coefficient (Wildman–Crippen LogP) is 3.97. The van der Waals surface area contributed by atoms with Crippen LogP contribution in [-0.4, -0.2) is 30.2 Å². The van der Waals surface area contributed by atoms with Gasteiger partial charge in [-0.05, 0) is 13.3 Å². The van der Waals surface area contributed by atoms with E-state index in [1.807, 2.05) is 24.2 Å². The number of nitrogens with one attached hydrogen (secondary N) is 1. The van der Waals surface area contributed by atoms with Gasteiger partial charge in [0.25, 0.3) is 0 Å². The Morgan fingerprint density at radius 3 is 2.38 bits per heavy atom. The average Bonchev–Trinajstić information content (AvgIpc) is 2.98. The first-order valence-corrected chi connectivity index (χ1v) is 8.08. The van der Waals surface area contributed by atoms with Crippen LogP contribution >= 0.6 is 17.0 Å². The number of esters is 1. The third-order valence-corrected chi connectivity index (χ3v) is 3.74. The number of unbranched alkanes of at least 4 members (excludes halogenated alkanes) is 7. The highest BCUT2D eigenvalue weighted by Crippen LogP contribution is 2.09. The van der Waals surface area contributed by atoms with Gasteiger partial charge in [0.15, 0.2) is 0 Å². The first kappa shape index (κ1) is 20.3. The van der Waals surface area contributed by atoms with E-state index in [1.54, 1.807) is 0 Å². The lowest BCUT2D eigenvalue weighted by Gasteiger charge is -2.21. The summed E-state index contributed by atoms with van der Waals surface area (Å²) in [5.74, 6) is -0.124. The van der Waals surface area contributed by atoms with Crippen molar-refractivity contribution >= 4 is 23.0 Å².